The van der Waals surface area contributed by atoms with Crippen molar-refractivity contribution in [3.8, 4) is 0 Å². The number of unbranched alkanes of at least 4 members (excludes halogenated alkanes) is 2. The van der Waals surface area contributed by atoms with E-state index in [1.807, 2.05) is 0 Å². The van der Waals surface area contributed by atoms with Gasteiger partial charge in [-0.05, 0) is 0 Å². The van der Waals surface area contributed by atoms with E-state index in [2.05, 4.69) is 6.92 Å². The topological polar surface area (TPSA) is 0 Å². The van der Waals surface area contributed by atoms with Crippen LogP contribution in [0.3, 0.4) is 0 Å². The fraction of sp³-hybridized carbons (Fsp3) is 1.00. The Morgan fingerprint density at radius 3 is 1.79 bits per heavy atom. The lowest BCUT2D eigenvalue weighted by molar-refractivity contribution is 0.685. The summed E-state index contributed by atoms with van der Waals surface area (Å²) in [7, 11) is -0.774. The van der Waals surface area contributed by atoms with Gasteiger partial charge in [0.05, 0.1) is 28.0 Å². The molecule has 86 valence electrons. The van der Waals surface area contributed by atoms with Gasteiger partial charge in [-0.25, -0.2) is 0 Å². The van der Waals surface area contributed by atoms with Gasteiger partial charge in [0.25, 0.3) is 0 Å². The summed E-state index contributed by atoms with van der Waals surface area (Å²) in [5.41, 5.74) is 0. The molecule has 0 atom stereocenters. The van der Waals surface area contributed by atoms with Crippen molar-refractivity contribution in [3.05, 3.63) is 0 Å². The van der Waals surface area contributed by atoms with Gasteiger partial charge in [-0.1, -0.05) is 37.8 Å². The molecule has 0 aromatic heterocycles. The highest BCUT2D eigenvalue weighted by Crippen LogP contribution is 2.20. The van der Waals surface area contributed by atoms with Crippen LogP contribution in [0.1, 0.15) is 32.6 Å². The van der Waals surface area contributed by atoms with Crippen LogP contribution in [0.2, 0.25) is 5.16 Å². The highest BCUT2D eigenvalue weighted by molar-refractivity contribution is 6.80. The van der Waals surface area contributed by atoms with E-state index >= 15 is 0 Å². The SMILES string of the molecule is CCCCCC([SiH2]C(Cl)Cl)[SiH2]C(Cl)Cl. The first kappa shape index (κ1) is 15.6. The van der Waals surface area contributed by atoms with Crippen molar-refractivity contribution in [1.82, 2.24) is 0 Å². The molecule has 0 nitrogen and oxygen atoms in total. The summed E-state index contributed by atoms with van der Waals surface area (Å²) in [6.07, 6.45) is 5.08. The van der Waals surface area contributed by atoms with Crippen LogP contribution in [-0.2, 0) is 0 Å². The number of hydrogen-bond acceptors (Lipinski definition) is 0. The molecule has 0 heterocycles. The van der Waals surface area contributed by atoms with Crippen LogP contribution in [0.5, 0.6) is 0 Å². The quantitative estimate of drug-likeness (QED) is 0.367. The lowest BCUT2D eigenvalue weighted by Crippen LogP contribution is -2.21. The van der Waals surface area contributed by atoms with Gasteiger partial charge in [0.2, 0.25) is 0 Å². The van der Waals surface area contributed by atoms with E-state index in [0.717, 1.165) is 5.16 Å². The summed E-state index contributed by atoms with van der Waals surface area (Å²) in [6.45, 7) is 2.21. The number of alkyl halides is 4. The second-order valence-corrected chi connectivity index (χ2v) is 14.3. The third-order valence-electron chi connectivity index (χ3n) is 2.24. The maximum Gasteiger partial charge on any atom is 0.0907 e. The molecule has 0 fully saturated rings. The summed E-state index contributed by atoms with van der Waals surface area (Å²) in [5, 5.41) is 0.738. The van der Waals surface area contributed by atoms with Crippen molar-refractivity contribution >= 4 is 65.4 Å². The Balaban J connectivity index is 3.72. The van der Waals surface area contributed by atoms with Crippen LogP contribution in [-0.4, -0.2) is 28.0 Å². The lowest BCUT2D eigenvalue weighted by Gasteiger charge is -2.16. The van der Waals surface area contributed by atoms with E-state index in [0.29, 0.717) is 0 Å². The van der Waals surface area contributed by atoms with Crippen LogP contribution >= 0.6 is 46.4 Å². The van der Waals surface area contributed by atoms with Gasteiger partial charge >= 0.3 is 0 Å². The molecule has 0 aliphatic rings. The Hall–Kier alpha value is 1.59. The summed E-state index contributed by atoms with van der Waals surface area (Å²) in [5.74, 6) is 0. The van der Waals surface area contributed by atoms with Crippen LogP contribution in [0.15, 0.2) is 0 Å². The lowest BCUT2D eigenvalue weighted by atomic mass is 10.2. The molecular formula is C8H18Cl4Si2. The molecule has 14 heavy (non-hydrogen) atoms. The van der Waals surface area contributed by atoms with Crippen molar-refractivity contribution in [1.29, 1.82) is 0 Å². The highest BCUT2D eigenvalue weighted by atomic mass is 35.5. The first-order valence-electron chi connectivity index (χ1n) is 5.12. The van der Waals surface area contributed by atoms with Gasteiger partial charge < -0.3 is 0 Å². The Morgan fingerprint density at radius 2 is 1.43 bits per heavy atom. The molecule has 0 spiro atoms. The second kappa shape index (κ2) is 9.79. The Bertz CT molecular complexity index is 123. The molecule has 0 aromatic rings. The number of halogens is 4. The van der Waals surface area contributed by atoms with Crippen molar-refractivity contribution < 1.29 is 0 Å². The average molecular weight is 312 g/mol. The van der Waals surface area contributed by atoms with Gasteiger partial charge in [-0.15, -0.1) is 46.4 Å². The summed E-state index contributed by atoms with van der Waals surface area (Å²) in [6, 6.07) is 0. The predicted octanol–water partition coefficient (Wildman–Crippen LogP) is 3.17. The van der Waals surface area contributed by atoms with Crippen molar-refractivity contribution in [2.75, 3.05) is 0 Å². The molecule has 0 aliphatic carbocycles. The van der Waals surface area contributed by atoms with Crippen LogP contribution in [0, 0.1) is 0 Å². The molecule has 0 amide bonds. The van der Waals surface area contributed by atoms with Gasteiger partial charge in [-0.3, -0.25) is 0 Å². The average Bonchev–Trinajstić information content (AvgIpc) is 2.02. The van der Waals surface area contributed by atoms with Crippen LogP contribution < -0.4 is 0 Å². The molecule has 0 aromatic carbocycles. The normalized spacial score (nSPS) is 15.6. The third kappa shape index (κ3) is 10.1. The maximum absolute atomic E-state index is 5.83. The molecule has 0 rings (SSSR count). The van der Waals surface area contributed by atoms with Crippen molar-refractivity contribution in [3.63, 3.8) is 0 Å². The Kier molecular flexibility index (Phi) is 10.9. The zero-order valence-electron chi connectivity index (χ0n) is 8.49. The van der Waals surface area contributed by atoms with Gasteiger partial charge in [0.15, 0.2) is 0 Å². The highest BCUT2D eigenvalue weighted by Gasteiger charge is 2.17. The van der Waals surface area contributed by atoms with Crippen LogP contribution in [0.25, 0.3) is 0 Å². The largest absolute Gasteiger partial charge is 0.110 e. The number of rotatable bonds is 8. The number of hydrogen-bond donors (Lipinski definition) is 0. The molecule has 0 radical (unpaired) electrons. The second-order valence-electron chi connectivity index (χ2n) is 3.62. The van der Waals surface area contributed by atoms with Gasteiger partial charge in [-0.2, -0.15) is 0 Å². The van der Waals surface area contributed by atoms with E-state index in [1.54, 1.807) is 0 Å². The Morgan fingerprint density at radius 1 is 0.929 bits per heavy atom. The smallest absolute Gasteiger partial charge is 0.0907 e. The maximum atomic E-state index is 5.83. The molecule has 6 heteroatoms. The molecule has 0 saturated heterocycles. The summed E-state index contributed by atoms with van der Waals surface area (Å²) >= 11 is 23.3. The molecule has 0 saturated carbocycles. The molecular weight excluding hydrogens is 294 g/mol. The fourth-order valence-corrected chi connectivity index (χ4v) is 11.9. The fourth-order valence-electron chi connectivity index (χ4n) is 1.52. The monoisotopic (exact) mass is 310 g/mol. The van der Waals surface area contributed by atoms with E-state index in [9.17, 15) is 0 Å². The zero-order valence-corrected chi connectivity index (χ0v) is 14.3. The molecule has 0 unspecified atom stereocenters. The van der Waals surface area contributed by atoms with Gasteiger partial charge in [0.1, 0.15) is 0 Å². The first-order chi connectivity index (χ1) is 6.56. The van der Waals surface area contributed by atoms with E-state index in [-0.39, 0.29) is 28.0 Å². The minimum absolute atomic E-state index is 0.124. The van der Waals surface area contributed by atoms with Crippen molar-refractivity contribution in [2.45, 2.75) is 46.7 Å². The standard InChI is InChI=1S/C8H18Cl4Si2/c1-2-3-4-5-6(13-7(9)10)14-8(11)12/h6-8H,2-5,13-14H2,1H3. The zero-order chi connectivity index (χ0) is 11.0. The minimum Gasteiger partial charge on any atom is -0.110 e. The van der Waals surface area contributed by atoms with E-state index in [4.69, 9.17) is 46.4 Å². The van der Waals surface area contributed by atoms with E-state index in [1.165, 1.54) is 25.7 Å². The van der Waals surface area contributed by atoms with Crippen molar-refractivity contribution in [2.24, 2.45) is 0 Å². The summed E-state index contributed by atoms with van der Waals surface area (Å²) < 4.78 is -0.248. The van der Waals surface area contributed by atoms with Crippen LogP contribution in [0.4, 0.5) is 0 Å². The third-order valence-corrected chi connectivity index (χ3v) is 9.24. The Labute approximate surface area is 112 Å². The first-order valence-corrected chi connectivity index (χ1v) is 10.1. The molecule has 0 N–H and O–H groups in total. The predicted molar refractivity (Wildman–Crippen MR) is 76.0 cm³/mol. The molecule has 0 bridgehead atoms. The minimum atomic E-state index is -0.387. The summed E-state index contributed by atoms with van der Waals surface area (Å²) in [4.78, 5) is 0. The molecule has 0 aliphatic heterocycles. The van der Waals surface area contributed by atoms with Gasteiger partial charge in [0, 0.05) is 0 Å². The van der Waals surface area contributed by atoms with E-state index < -0.39 is 0 Å².